The summed E-state index contributed by atoms with van der Waals surface area (Å²) in [5, 5.41) is 21.3. The van der Waals surface area contributed by atoms with Crippen molar-refractivity contribution in [1.29, 1.82) is 0 Å². The minimum absolute atomic E-state index is 0.0575. The number of fused-ring (bicyclic) bond motifs is 1. The molecule has 1 aromatic heterocycles. The predicted octanol–water partition coefficient (Wildman–Crippen LogP) is 5.12. The van der Waals surface area contributed by atoms with E-state index in [0.29, 0.717) is 22.8 Å². The van der Waals surface area contributed by atoms with Crippen LogP contribution in [-0.4, -0.2) is 46.0 Å². The zero-order chi connectivity index (χ0) is 21.8. The van der Waals surface area contributed by atoms with Crippen molar-refractivity contribution in [3.8, 4) is 5.88 Å². The van der Waals surface area contributed by atoms with E-state index in [9.17, 15) is 5.11 Å². The summed E-state index contributed by atoms with van der Waals surface area (Å²) in [4.78, 5) is 9.98. The Bertz CT molecular complexity index is 1200. The highest BCUT2D eigenvalue weighted by atomic mass is 35.5. The number of aliphatic imine (C=N–C) groups is 1. The number of hydrogen-bond donors (Lipinski definition) is 3. The zero-order valence-corrected chi connectivity index (χ0v) is 18.0. The average molecular weight is 434 g/mol. The molecule has 0 unspecified atom stereocenters. The van der Waals surface area contributed by atoms with Crippen LogP contribution >= 0.6 is 11.6 Å². The van der Waals surface area contributed by atoms with Gasteiger partial charge in [0.2, 0.25) is 0 Å². The largest absolute Gasteiger partial charge is 0.494 e. The molecule has 0 atom stereocenters. The van der Waals surface area contributed by atoms with Crippen molar-refractivity contribution < 1.29 is 10.2 Å². The molecule has 0 saturated carbocycles. The van der Waals surface area contributed by atoms with E-state index < -0.39 is 0 Å². The van der Waals surface area contributed by atoms with Gasteiger partial charge in [-0.2, -0.15) is 0 Å². The molecule has 0 amide bonds. The van der Waals surface area contributed by atoms with E-state index in [1.165, 1.54) is 0 Å². The molecule has 3 aromatic carbocycles. The molecule has 4 aromatic rings. The zero-order valence-electron chi connectivity index (χ0n) is 17.2. The third-order valence-electron chi connectivity index (χ3n) is 5.14. The molecule has 0 aliphatic rings. The Kier molecular flexibility index (Phi) is 6.37. The molecule has 5 nitrogen and oxygen atoms in total. The molecule has 158 valence electrons. The second-order valence-corrected chi connectivity index (χ2v) is 7.93. The second-order valence-electron chi connectivity index (χ2n) is 7.49. The van der Waals surface area contributed by atoms with Gasteiger partial charge in [0.15, 0.2) is 5.88 Å². The summed E-state index contributed by atoms with van der Waals surface area (Å²) in [6.07, 6.45) is 0. The highest BCUT2D eigenvalue weighted by Crippen LogP contribution is 2.32. The van der Waals surface area contributed by atoms with Crippen molar-refractivity contribution >= 4 is 33.9 Å². The molecule has 1 heterocycles. The van der Waals surface area contributed by atoms with E-state index in [4.69, 9.17) is 21.7 Å². The maximum Gasteiger partial charge on any atom is 0.199 e. The summed E-state index contributed by atoms with van der Waals surface area (Å²) >= 11 is 6.13. The third kappa shape index (κ3) is 4.80. The molecule has 0 saturated heterocycles. The Morgan fingerprint density at radius 1 is 1.03 bits per heavy atom. The summed E-state index contributed by atoms with van der Waals surface area (Å²) in [6.45, 7) is 1.51. The van der Waals surface area contributed by atoms with Crippen LogP contribution in [0.3, 0.4) is 0 Å². The van der Waals surface area contributed by atoms with Crippen LogP contribution in [0.15, 0.2) is 77.8 Å². The van der Waals surface area contributed by atoms with Crippen LogP contribution in [0, 0.1) is 0 Å². The lowest BCUT2D eigenvalue weighted by atomic mass is 10.0. The number of aromatic amines is 1. The van der Waals surface area contributed by atoms with Gasteiger partial charge < -0.3 is 15.2 Å². The molecular formula is C25H24ClN3O2. The van der Waals surface area contributed by atoms with Crippen molar-refractivity contribution in [2.24, 2.45) is 4.99 Å². The van der Waals surface area contributed by atoms with Crippen molar-refractivity contribution in [2.45, 2.75) is 6.54 Å². The molecule has 0 aliphatic carbocycles. The Morgan fingerprint density at radius 2 is 1.77 bits per heavy atom. The van der Waals surface area contributed by atoms with Gasteiger partial charge >= 0.3 is 0 Å². The lowest BCUT2D eigenvalue weighted by Gasteiger charge is -2.15. The van der Waals surface area contributed by atoms with Crippen molar-refractivity contribution in [2.75, 3.05) is 20.2 Å². The van der Waals surface area contributed by atoms with Gasteiger partial charge in [0.1, 0.15) is 0 Å². The maximum absolute atomic E-state index is 10.7. The molecule has 0 bridgehead atoms. The van der Waals surface area contributed by atoms with Crippen LogP contribution < -0.4 is 0 Å². The topological polar surface area (TPSA) is 71.8 Å². The van der Waals surface area contributed by atoms with E-state index in [2.05, 4.69) is 9.88 Å². The molecule has 6 heteroatoms. The van der Waals surface area contributed by atoms with Gasteiger partial charge in [0.25, 0.3) is 0 Å². The number of aliphatic hydroxyl groups excluding tert-OH is 1. The van der Waals surface area contributed by atoms with Gasteiger partial charge in [-0.25, -0.2) is 4.99 Å². The highest BCUT2D eigenvalue weighted by Gasteiger charge is 2.18. The predicted molar refractivity (Wildman–Crippen MR) is 127 cm³/mol. The fourth-order valence-electron chi connectivity index (χ4n) is 3.62. The fourth-order valence-corrected chi connectivity index (χ4v) is 3.79. The third-order valence-corrected chi connectivity index (χ3v) is 5.37. The molecule has 4 rings (SSSR count). The van der Waals surface area contributed by atoms with Gasteiger partial charge in [-0.05, 0) is 36.9 Å². The number of benzene rings is 3. The molecule has 0 fully saturated rings. The number of aromatic nitrogens is 1. The van der Waals surface area contributed by atoms with Gasteiger partial charge in [-0.1, -0.05) is 60.1 Å². The normalized spacial score (nSPS) is 12.1. The number of nitrogens with zero attached hydrogens (tertiary/aromatic N) is 2. The second kappa shape index (κ2) is 9.35. The van der Waals surface area contributed by atoms with Crippen molar-refractivity contribution in [3.05, 3.63) is 94.5 Å². The van der Waals surface area contributed by atoms with Crippen LogP contribution in [0.5, 0.6) is 5.88 Å². The molecule has 31 heavy (non-hydrogen) atoms. The van der Waals surface area contributed by atoms with Crippen LogP contribution in [0.4, 0.5) is 5.69 Å². The Hall–Kier alpha value is -3.12. The molecular weight excluding hydrogens is 410 g/mol. The first-order chi connectivity index (χ1) is 15.0. The first-order valence-electron chi connectivity index (χ1n) is 10.1. The summed E-state index contributed by atoms with van der Waals surface area (Å²) in [7, 11) is 1.97. The molecule has 0 spiro atoms. The van der Waals surface area contributed by atoms with E-state index in [1.807, 2.05) is 67.7 Å². The quantitative estimate of drug-likeness (QED) is 0.354. The van der Waals surface area contributed by atoms with Crippen LogP contribution in [-0.2, 0) is 6.54 Å². The minimum Gasteiger partial charge on any atom is -0.494 e. The highest BCUT2D eigenvalue weighted by molar-refractivity contribution is 6.31. The number of hydrogen-bond acceptors (Lipinski definition) is 4. The number of halogens is 1. The Labute approximate surface area is 186 Å². The lowest BCUT2D eigenvalue weighted by molar-refractivity contribution is 0.217. The van der Waals surface area contributed by atoms with Crippen molar-refractivity contribution in [3.63, 3.8) is 0 Å². The average Bonchev–Trinajstić information content (AvgIpc) is 3.08. The number of rotatable bonds is 7. The fraction of sp³-hybridized carbons (Fsp3) is 0.160. The first-order valence-corrected chi connectivity index (χ1v) is 10.5. The summed E-state index contributed by atoms with van der Waals surface area (Å²) in [6, 6.07) is 23.3. The van der Waals surface area contributed by atoms with Crippen LogP contribution in [0.2, 0.25) is 5.02 Å². The van der Waals surface area contributed by atoms with Crippen LogP contribution in [0.25, 0.3) is 10.9 Å². The summed E-state index contributed by atoms with van der Waals surface area (Å²) in [5.41, 5.74) is 4.91. The van der Waals surface area contributed by atoms with Gasteiger partial charge in [-0.15, -0.1) is 0 Å². The Balaban J connectivity index is 1.77. The summed E-state index contributed by atoms with van der Waals surface area (Å²) in [5.74, 6) is 0.0575. The van der Waals surface area contributed by atoms with Crippen molar-refractivity contribution in [1.82, 2.24) is 9.88 Å². The Morgan fingerprint density at radius 3 is 2.48 bits per heavy atom. The molecule has 0 aliphatic heterocycles. The van der Waals surface area contributed by atoms with E-state index in [0.717, 1.165) is 34.3 Å². The standard InChI is InChI=1S/C25H24ClN3O2/c1-29(13-14-30)16-17-7-10-20(11-8-17)27-24(18-5-3-2-4-6-18)23-21-12-9-19(26)15-22(21)28-25(23)31/h2-12,15,28,30-31H,13-14,16H2,1H3. The van der Waals surface area contributed by atoms with E-state index >= 15 is 0 Å². The first kappa shape index (κ1) is 21.1. The summed E-state index contributed by atoms with van der Waals surface area (Å²) < 4.78 is 0. The van der Waals surface area contributed by atoms with Crippen LogP contribution in [0.1, 0.15) is 16.7 Å². The number of H-pyrrole nitrogens is 1. The molecule has 0 radical (unpaired) electrons. The van der Waals surface area contributed by atoms with E-state index in [1.54, 1.807) is 12.1 Å². The maximum atomic E-state index is 10.7. The van der Waals surface area contributed by atoms with Gasteiger partial charge in [-0.3, -0.25) is 4.90 Å². The molecule has 3 N–H and O–H groups in total. The smallest absolute Gasteiger partial charge is 0.199 e. The number of likely N-dealkylation sites (N-methyl/N-ethyl adjacent to an activating group) is 1. The van der Waals surface area contributed by atoms with E-state index in [-0.39, 0.29) is 12.5 Å². The van der Waals surface area contributed by atoms with Gasteiger partial charge in [0, 0.05) is 29.1 Å². The number of nitrogens with one attached hydrogen (secondary N) is 1. The monoisotopic (exact) mass is 433 g/mol. The number of aromatic hydroxyl groups is 1. The SMILES string of the molecule is CN(CCO)Cc1ccc(N=C(c2ccccc2)c2c(O)[nH]c3cc(Cl)ccc23)cc1. The lowest BCUT2D eigenvalue weighted by Crippen LogP contribution is -2.21. The number of aliphatic hydroxyl groups is 1. The minimum atomic E-state index is 0.0575. The van der Waals surface area contributed by atoms with Gasteiger partial charge in [0.05, 0.1) is 29.1 Å².